The molecule has 0 unspecified atom stereocenters. The number of benzene rings is 1. The smallest absolute Gasteiger partial charge is 0.274 e. The van der Waals surface area contributed by atoms with Crippen LogP contribution < -0.4 is 10.2 Å². The molecule has 7 heteroatoms. The lowest BCUT2D eigenvalue weighted by Crippen LogP contribution is -2.49. The highest BCUT2D eigenvalue weighted by Crippen LogP contribution is 2.18. The Bertz CT molecular complexity index is 953. The molecule has 3 heterocycles. The van der Waals surface area contributed by atoms with Gasteiger partial charge in [-0.15, -0.1) is 10.2 Å². The van der Waals surface area contributed by atoms with Crippen molar-refractivity contribution in [2.45, 2.75) is 13.5 Å². The predicted molar refractivity (Wildman–Crippen MR) is 113 cm³/mol. The van der Waals surface area contributed by atoms with Gasteiger partial charge < -0.3 is 15.1 Å². The van der Waals surface area contributed by atoms with Crippen LogP contribution in [-0.4, -0.2) is 52.2 Å². The van der Waals surface area contributed by atoms with Crippen molar-refractivity contribution in [1.29, 1.82) is 0 Å². The van der Waals surface area contributed by atoms with Crippen molar-refractivity contribution < 1.29 is 4.79 Å². The first-order valence-corrected chi connectivity index (χ1v) is 9.76. The highest BCUT2D eigenvalue weighted by molar-refractivity contribution is 5.92. The van der Waals surface area contributed by atoms with Crippen LogP contribution in [0.4, 0.5) is 11.5 Å². The molecule has 0 radical (unpaired) electrons. The van der Waals surface area contributed by atoms with Gasteiger partial charge in [0.25, 0.3) is 5.91 Å². The number of amides is 1. The summed E-state index contributed by atoms with van der Waals surface area (Å²) >= 11 is 0. The summed E-state index contributed by atoms with van der Waals surface area (Å²) in [5.74, 6) is 0.574. The van der Waals surface area contributed by atoms with Gasteiger partial charge in [0.15, 0.2) is 5.69 Å². The normalized spacial score (nSPS) is 14.0. The van der Waals surface area contributed by atoms with Crippen molar-refractivity contribution >= 4 is 17.4 Å². The van der Waals surface area contributed by atoms with Gasteiger partial charge in [-0.25, -0.2) is 0 Å². The number of nitrogens with zero attached hydrogens (tertiary/aromatic N) is 5. The van der Waals surface area contributed by atoms with Crippen LogP contribution in [0.1, 0.15) is 21.6 Å². The maximum Gasteiger partial charge on any atom is 0.274 e. The van der Waals surface area contributed by atoms with E-state index in [1.54, 1.807) is 24.5 Å². The molecule has 0 saturated carbocycles. The van der Waals surface area contributed by atoms with Crippen molar-refractivity contribution in [1.82, 2.24) is 20.1 Å². The fraction of sp³-hybridized carbons (Fsp3) is 0.273. The molecule has 0 spiro atoms. The minimum absolute atomic E-state index is 0.0675. The van der Waals surface area contributed by atoms with E-state index in [-0.39, 0.29) is 5.91 Å². The van der Waals surface area contributed by atoms with E-state index >= 15 is 0 Å². The topological polar surface area (TPSA) is 74.2 Å². The molecule has 4 rings (SSSR count). The standard InChI is InChI=1S/C22H24N6O/c1-17-3-2-4-19(15-17)27-11-13-28(14-12-27)22(29)20-5-6-21(26-25-20)24-16-18-7-9-23-10-8-18/h2-10,15H,11-14,16H2,1H3,(H,24,26). The molecule has 29 heavy (non-hydrogen) atoms. The SMILES string of the molecule is Cc1cccc(N2CCN(C(=O)c3ccc(NCc4ccncc4)nn3)CC2)c1. The molecule has 1 saturated heterocycles. The van der Waals surface area contributed by atoms with E-state index in [1.165, 1.54) is 11.3 Å². The van der Waals surface area contributed by atoms with E-state index < -0.39 is 0 Å². The Kier molecular flexibility index (Phi) is 5.65. The summed E-state index contributed by atoms with van der Waals surface area (Å²) in [6, 6.07) is 15.9. The molecule has 1 amide bonds. The van der Waals surface area contributed by atoms with Crippen LogP contribution in [0.15, 0.2) is 60.9 Å². The number of rotatable bonds is 5. The number of carbonyl (C=O) groups is 1. The second-order valence-corrected chi connectivity index (χ2v) is 7.13. The van der Waals surface area contributed by atoms with Gasteiger partial charge in [0.05, 0.1) is 0 Å². The van der Waals surface area contributed by atoms with Crippen molar-refractivity contribution in [3.05, 3.63) is 77.7 Å². The van der Waals surface area contributed by atoms with E-state index in [9.17, 15) is 4.79 Å². The third-order valence-corrected chi connectivity index (χ3v) is 5.04. The number of hydrogen-bond donors (Lipinski definition) is 1. The Morgan fingerprint density at radius 3 is 2.48 bits per heavy atom. The second kappa shape index (κ2) is 8.68. The number of carbonyl (C=O) groups excluding carboxylic acids is 1. The quantitative estimate of drug-likeness (QED) is 0.724. The lowest BCUT2D eigenvalue weighted by Gasteiger charge is -2.36. The summed E-state index contributed by atoms with van der Waals surface area (Å²) in [6.07, 6.45) is 3.51. The molecule has 1 fully saturated rings. The van der Waals surface area contributed by atoms with Crippen LogP contribution in [-0.2, 0) is 6.54 Å². The van der Waals surface area contributed by atoms with E-state index in [4.69, 9.17) is 0 Å². The summed E-state index contributed by atoms with van der Waals surface area (Å²) in [5, 5.41) is 11.5. The maximum atomic E-state index is 12.8. The van der Waals surface area contributed by atoms with Crippen LogP contribution in [0.25, 0.3) is 0 Å². The summed E-state index contributed by atoms with van der Waals surface area (Å²) in [7, 11) is 0. The zero-order chi connectivity index (χ0) is 20.1. The van der Waals surface area contributed by atoms with E-state index in [0.717, 1.165) is 18.7 Å². The minimum atomic E-state index is -0.0675. The molecule has 2 aromatic heterocycles. The Morgan fingerprint density at radius 1 is 1.00 bits per heavy atom. The molecule has 148 valence electrons. The molecule has 1 aliphatic heterocycles. The van der Waals surface area contributed by atoms with Gasteiger partial charge in [-0.2, -0.15) is 0 Å². The van der Waals surface area contributed by atoms with E-state index in [1.807, 2.05) is 17.0 Å². The van der Waals surface area contributed by atoms with Crippen molar-refractivity contribution in [2.24, 2.45) is 0 Å². The molecular formula is C22H24N6O. The summed E-state index contributed by atoms with van der Waals surface area (Å²) in [5.41, 5.74) is 3.94. The molecule has 1 aromatic carbocycles. The molecule has 0 aliphatic carbocycles. The second-order valence-electron chi connectivity index (χ2n) is 7.13. The molecule has 1 N–H and O–H groups in total. The van der Waals surface area contributed by atoms with Crippen LogP contribution in [0.5, 0.6) is 0 Å². The first kappa shape index (κ1) is 18.9. The zero-order valence-electron chi connectivity index (χ0n) is 16.5. The lowest BCUT2D eigenvalue weighted by molar-refractivity contribution is 0.0739. The number of anilines is 2. The third-order valence-electron chi connectivity index (χ3n) is 5.04. The van der Waals surface area contributed by atoms with Crippen molar-refractivity contribution in [3.8, 4) is 0 Å². The molecular weight excluding hydrogens is 364 g/mol. The van der Waals surface area contributed by atoms with Gasteiger partial charge in [0, 0.05) is 50.8 Å². The first-order chi connectivity index (χ1) is 14.2. The van der Waals surface area contributed by atoms with Crippen LogP contribution in [0.3, 0.4) is 0 Å². The van der Waals surface area contributed by atoms with Gasteiger partial charge in [-0.05, 0) is 54.4 Å². The van der Waals surface area contributed by atoms with Gasteiger partial charge in [0.2, 0.25) is 0 Å². The summed E-state index contributed by atoms with van der Waals surface area (Å²) in [6.45, 7) is 5.71. The summed E-state index contributed by atoms with van der Waals surface area (Å²) < 4.78 is 0. The third kappa shape index (κ3) is 4.68. The Balaban J connectivity index is 1.31. The average Bonchev–Trinajstić information content (AvgIpc) is 2.78. The van der Waals surface area contributed by atoms with Crippen LogP contribution >= 0.6 is 0 Å². The average molecular weight is 388 g/mol. The van der Waals surface area contributed by atoms with Gasteiger partial charge in [0.1, 0.15) is 5.82 Å². The van der Waals surface area contributed by atoms with Crippen LogP contribution in [0.2, 0.25) is 0 Å². The zero-order valence-corrected chi connectivity index (χ0v) is 16.5. The van der Waals surface area contributed by atoms with Gasteiger partial charge in [-0.1, -0.05) is 12.1 Å². The molecule has 7 nitrogen and oxygen atoms in total. The Labute approximate surface area is 170 Å². The fourth-order valence-corrected chi connectivity index (χ4v) is 3.39. The molecule has 0 bridgehead atoms. The van der Waals surface area contributed by atoms with Crippen molar-refractivity contribution in [3.63, 3.8) is 0 Å². The fourth-order valence-electron chi connectivity index (χ4n) is 3.39. The summed E-state index contributed by atoms with van der Waals surface area (Å²) in [4.78, 5) is 20.9. The largest absolute Gasteiger partial charge is 0.368 e. The number of aromatic nitrogens is 3. The predicted octanol–water partition coefficient (Wildman–Crippen LogP) is 2.75. The monoisotopic (exact) mass is 388 g/mol. The molecule has 1 aliphatic rings. The maximum absolute atomic E-state index is 12.8. The number of aryl methyl sites for hydroxylation is 1. The molecule has 3 aromatic rings. The lowest BCUT2D eigenvalue weighted by atomic mass is 10.2. The van der Waals surface area contributed by atoms with Crippen molar-refractivity contribution in [2.75, 3.05) is 36.4 Å². The number of piperazine rings is 1. The number of pyridine rings is 1. The number of hydrogen-bond acceptors (Lipinski definition) is 6. The number of nitrogens with one attached hydrogen (secondary N) is 1. The van der Waals surface area contributed by atoms with Crippen LogP contribution in [0, 0.1) is 6.92 Å². The highest BCUT2D eigenvalue weighted by Gasteiger charge is 2.23. The van der Waals surface area contributed by atoms with E-state index in [2.05, 4.69) is 56.6 Å². The van der Waals surface area contributed by atoms with Gasteiger partial charge >= 0.3 is 0 Å². The Hall–Kier alpha value is -3.48. The Morgan fingerprint density at radius 2 is 1.79 bits per heavy atom. The van der Waals surface area contributed by atoms with E-state index in [0.29, 0.717) is 31.1 Å². The molecule has 0 atom stereocenters. The highest BCUT2D eigenvalue weighted by atomic mass is 16.2. The first-order valence-electron chi connectivity index (χ1n) is 9.76. The minimum Gasteiger partial charge on any atom is -0.368 e. The van der Waals surface area contributed by atoms with Gasteiger partial charge in [-0.3, -0.25) is 9.78 Å².